The van der Waals surface area contributed by atoms with Crippen LogP contribution in [0.3, 0.4) is 0 Å². The van der Waals surface area contributed by atoms with Gasteiger partial charge in [-0.2, -0.15) is 8.42 Å². The number of carbonyl (C=O) groups is 2. The van der Waals surface area contributed by atoms with Gasteiger partial charge in [-0.15, -0.1) is 0 Å². The number of rotatable bonds is 2. The molecule has 0 fully saturated rings. The molecule has 0 aliphatic heterocycles. The van der Waals surface area contributed by atoms with E-state index in [0.717, 1.165) is 12.1 Å². The molecule has 0 amide bonds. The first-order valence-electron chi connectivity index (χ1n) is 6.21. The molecule has 10 heteroatoms. The van der Waals surface area contributed by atoms with E-state index in [1.54, 1.807) is 0 Å². The van der Waals surface area contributed by atoms with E-state index in [2.05, 4.69) is 0 Å². The molecule has 24 heavy (non-hydrogen) atoms. The van der Waals surface area contributed by atoms with Gasteiger partial charge in [-0.05, 0) is 12.1 Å². The number of nitro benzene ring substituents is 1. The summed E-state index contributed by atoms with van der Waals surface area (Å²) in [4.78, 5) is 34.6. The molecule has 0 saturated carbocycles. The second-order valence-electron chi connectivity index (χ2n) is 4.77. The van der Waals surface area contributed by atoms with E-state index in [-0.39, 0.29) is 68.1 Å². The average molecular weight is 373 g/mol. The maximum atomic E-state index is 12.5. The molecular formula is C14H8KNO7S. The van der Waals surface area contributed by atoms with Crippen molar-refractivity contribution in [3.63, 3.8) is 0 Å². The third kappa shape index (κ3) is 2.90. The van der Waals surface area contributed by atoms with Gasteiger partial charge in [-0.3, -0.25) is 24.3 Å². The normalized spacial score (nSPS) is 12.9. The van der Waals surface area contributed by atoms with Crippen LogP contribution in [0.25, 0.3) is 0 Å². The van der Waals surface area contributed by atoms with Crippen LogP contribution < -0.4 is 0 Å². The molecule has 3 rings (SSSR count). The summed E-state index contributed by atoms with van der Waals surface area (Å²) < 4.78 is 32.1. The van der Waals surface area contributed by atoms with Gasteiger partial charge in [0.15, 0.2) is 5.78 Å². The molecule has 8 nitrogen and oxygen atoms in total. The summed E-state index contributed by atoms with van der Waals surface area (Å²) in [5, 5.41) is 11.1. The van der Waals surface area contributed by atoms with Crippen molar-refractivity contribution < 1.29 is 27.5 Å². The first-order valence-corrected chi connectivity index (χ1v) is 7.65. The van der Waals surface area contributed by atoms with E-state index in [9.17, 15) is 32.7 Å². The van der Waals surface area contributed by atoms with Gasteiger partial charge in [0.2, 0.25) is 5.78 Å². The maximum absolute atomic E-state index is 12.5. The van der Waals surface area contributed by atoms with Crippen molar-refractivity contribution >= 4 is 78.8 Å². The Labute approximate surface area is 178 Å². The predicted molar refractivity (Wildman–Crippen MR) is 83.4 cm³/mol. The third-order valence-corrected chi connectivity index (χ3v) is 4.38. The zero-order chi connectivity index (χ0) is 16.9. The molecule has 0 saturated heterocycles. The Morgan fingerprint density at radius 3 is 1.96 bits per heavy atom. The van der Waals surface area contributed by atoms with E-state index in [0.29, 0.717) is 0 Å². The van der Waals surface area contributed by atoms with E-state index in [1.807, 2.05) is 0 Å². The van der Waals surface area contributed by atoms with Crippen LogP contribution in [0.2, 0.25) is 0 Å². The first-order chi connectivity index (χ1) is 10.7. The monoisotopic (exact) mass is 373 g/mol. The molecule has 0 radical (unpaired) electrons. The minimum absolute atomic E-state index is 0. The fraction of sp³-hybridized carbons (Fsp3) is 0. The Kier molecular flexibility index (Phi) is 5.21. The van der Waals surface area contributed by atoms with Gasteiger partial charge >= 0.3 is 51.4 Å². The summed E-state index contributed by atoms with van der Waals surface area (Å²) >= 11 is 0. The van der Waals surface area contributed by atoms with E-state index in [1.165, 1.54) is 24.3 Å². The molecule has 118 valence electrons. The molecule has 0 atom stereocenters. The number of carbonyl (C=O) groups excluding carboxylic acids is 2. The molecular weight excluding hydrogens is 365 g/mol. The van der Waals surface area contributed by atoms with Gasteiger partial charge in [0.05, 0.1) is 10.5 Å². The Morgan fingerprint density at radius 1 is 0.917 bits per heavy atom. The predicted octanol–water partition coefficient (Wildman–Crippen LogP) is 0.968. The molecule has 0 heterocycles. The SMILES string of the molecule is O=C1c2cccc(S(=O)(=O)O)c2C(=O)c2cccc([N+](=O)[O-])c21.[KH]. The zero-order valence-corrected chi connectivity index (χ0v) is 12.0. The molecule has 1 N–H and O–H groups in total. The number of nitrogens with zero attached hydrogens (tertiary/aromatic N) is 1. The van der Waals surface area contributed by atoms with Crippen LogP contribution in [0.1, 0.15) is 31.8 Å². The van der Waals surface area contributed by atoms with Crippen molar-refractivity contribution in [1.29, 1.82) is 0 Å². The fourth-order valence-electron chi connectivity index (χ4n) is 2.56. The van der Waals surface area contributed by atoms with Gasteiger partial charge < -0.3 is 0 Å². The average Bonchev–Trinajstić information content (AvgIpc) is 2.50. The quantitative estimate of drug-likeness (QED) is 0.306. The van der Waals surface area contributed by atoms with E-state index >= 15 is 0 Å². The second-order valence-corrected chi connectivity index (χ2v) is 6.16. The summed E-state index contributed by atoms with van der Waals surface area (Å²) in [6, 6.07) is 6.86. The van der Waals surface area contributed by atoms with Crippen molar-refractivity contribution in [1.82, 2.24) is 0 Å². The standard InChI is InChI=1S/C14H7NO7S.K.H/c16-13-8-4-2-6-10(23(20,21)22)12(8)14(17)7-3-1-5-9(11(7)13)15(18)19;;/h1-6H,(H,20,21,22);;. The summed E-state index contributed by atoms with van der Waals surface area (Å²) in [6.07, 6.45) is 0. The molecule has 0 bridgehead atoms. The van der Waals surface area contributed by atoms with Gasteiger partial charge in [-0.1, -0.05) is 18.2 Å². The van der Waals surface area contributed by atoms with Crippen LogP contribution >= 0.6 is 0 Å². The number of hydrogen-bond acceptors (Lipinski definition) is 6. The van der Waals surface area contributed by atoms with Crippen LogP contribution in [-0.4, -0.2) is 80.8 Å². The Bertz CT molecular complexity index is 1010. The van der Waals surface area contributed by atoms with Gasteiger partial charge in [0, 0.05) is 17.2 Å². The van der Waals surface area contributed by atoms with Crippen molar-refractivity contribution in [3.05, 3.63) is 68.8 Å². The van der Waals surface area contributed by atoms with Crippen molar-refractivity contribution in [3.8, 4) is 0 Å². The van der Waals surface area contributed by atoms with Gasteiger partial charge in [0.1, 0.15) is 10.5 Å². The summed E-state index contributed by atoms with van der Waals surface area (Å²) in [7, 11) is -4.74. The summed E-state index contributed by atoms with van der Waals surface area (Å²) in [5.41, 5.74) is -1.97. The van der Waals surface area contributed by atoms with Crippen LogP contribution in [-0.2, 0) is 10.1 Å². The number of hydrogen-bond donors (Lipinski definition) is 1. The van der Waals surface area contributed by atoms with Crippen LogP contribution in [0.5, 0.6) is 0 Å². The summed E-state index contributed by atoms with van der Waals surface area (Å²) in [5.74, 6) is -1.71. The topological polar surface area (TPSA) is 132 Å². The molecule has 1 aliphatic carbocycles. The molecule has 0 aromatic heterocycles. The molecule has 2 aromatic carbocycles. The number of nitro groups is 1. The Hall–Kier alpha value is -1.27. The minimum atomic E-state index is -4.74. The second kappa shape index (κ2) is 6.56. The number of ketones is 2. The van der Waals surface area contributed by atoms with E-state index in [4.69, 9.17) is 0 Å². The molecule has 0 spiro atoms. The molecule has 2 aromatic rings. The zero-order valence-electron chi connectivity index (χ0n) is 11.2. The number of benzene rings is 2. The fourth-order valence-corrected chi connectivity index (χ4v) is 3.27. The molecule has 1 aliphatic rings. The third-order valence-electron chi connectivity index (χ3n) is 3.49. The van der Waals surface area contributed by atoms with Crippen molar-refractivity contribution in [2.24, 2.45) is 0 Å². The van der Waals surface area contributed by atoms with Gasteiger partial charge in [-0.25, -0.2) is 0 Å². The van der Waals surface area contributed by atoms with Crippen LogP contribution in [0.15, 0.2) is 41.3 Å². The molecule has 0 unspecified atom stereocenters. The summed E-state index contributed by atoms with van der Waals surface area (Å²) in [6.45, 7) is 0. The van der Waals surface area contributed by atoms with Crippen molar-refractivity contribution in [2.75, 3.05) is 0 Å². The van der Waals surface area contributed by atoms with Gasteiger partial charge in [0.25, 0.3) is 15.8 Å². The van der Waals surface area contributed by atoms with Crippen LogP contribution in [0, 0.1) is 10.1 Å². The number of fused-ring (bicyclic) bond motifs is 2. The van der Waals surface area contributed by atoms with Crippen molar-refractivity contribution in [2.45, 2.75) is 4.90 Å². The van der Waals surface area contributed by atoms with E-state index < -0.39 is 42.8 Å². The Balaban J connectivity index is 0.00000208. The first kappa shape index (κ1) is 19.1. The Morgan fingerprint density at radius 2 is 1.42 bits per heavy atom. The van der Waals surface area contributed by atoms with Crippen LogP contribution in [0.4, 0.5) is 5.69 Å².